The van der Waals surface area contributed by atoms with E-state index in [0.29, 0.717) is 29.1 Å². The molecule has 1 aliphatic rings. The van der Waals surface area contributed by atoms with Crippen molar-refractivity contribution in [2.24, 2.45) is 0 Å². The number of amides is 1. The zero-order valence-electron chi connectivity index (χ0n) is 20.2. The number of hydrogen-bond donors (Lipinski definition) is 2. The zero-order chi connectivity index (χ0) is 25.8. The molecule has 1 aliphatic carbocycles. The van der Waals surface area contributed by atoms with Crippen LogP contribution in [0.25, 0.3) is 17.0 Å². The third kappa shape index (κ3) is 4.52. The number of pyridine rings is 1. The Kier molecular flexibility index (Phi) is 5.73. The van der Waals surface area contributed by atoms with Gasteiger partial charge in [-0.25, -0.2) is 27.9 Å². The number of nitrogens with one attached hydrogen (secondary N) is 2. The van der Waals surface area contributed by atoms with Crippen LogP contribution in [-0.4, -0.2) is 42.3 Å². The molecule has 36 heavy (non-hydrogen) atoms. The normalized spacial score (nSPS) is 17.8. The van der Waals surface area contributed by atoms with Crippen molar-refractivity contribution in [3.8, 4) is 11.4 Å². The van der Waals surface area contributed by atoms with Crippen molar-refractivity contribution in [3.05, 3.63) is 70.7 Å². The number of nitrogens with zero attached hydrogens (tertiary/aromatic N) is 4. The quantitative estimate of drug-likeness (QED) is 0.402. The van der Waals surface area contributed by atoms with Gasteiger partial charge in [-0.15, -0.1) is 0 Å². The van der Waals surface area contributed by atoms with Crippen molar-refractivity contribution in [2.45, 2.75) is 58.1 Å². The molecule has 0 bridgehead atoms. The number of aryl methyl sites for hydroxylation is 1. The van der Waals surface area contributed by atoms with Crippen molar-refractivity contribution in [3.63, 3.8) is 0 Å². The van der Waals surface area contributed by atoms with Crippen molar-refractivity contribution in [2.75, 3.05) is 0 Å². The van der Waals surface area contributed by atoms with Gasteiger partial charge in [-0.2, -0.15) is 5.10 Å². The standard InChI is InChI=1S/C25H25F3N6O2/c1-12-29-23(33-32-12)13-5-6-34-21-11-19(31-24(35)36-25(2,3)4)15(9-20(21)30-22(34)7-13)14-8-17(27)18(28)10-16(14)26/h5-8,10,15,19H,9,11H2,1-4H3,(H,31,35)(H,29,32,33). The summed E-state index contributed by atoms with van der Waals surface area (Å²) in [5.74, 6) is -2.80. The predicted molar refractivity (Wildman–Crippen MR) is 125 cm³/mol. The van der Waals surface area contributed by atoms with Crippen LogP contribution in [0.1, 0.15) is 49.5 Å². The maximum Gasteiger partial charge on any atom is 0.407 e. The van der Waals surface area contributed by atoms with Crippen molar-refractivity contribution in [1.29, 1.82) is 0 Å². The summed E-state index contributed by atoms with van der Waals surface area (Å²) in [4.78, 5) is 21.7. The number of ether oxygens (including phenoxy) is 1. The number of aromatic amines is 1. The number of aromatic nitrogens is 5. The molecule has 2 unspecified atom stereocenters. The Balaban J connectivity index is 1.55. The topological polar surface area (TPSA) is 97.2 Å². The first kappa shape index (κ1) is 23.8. The third-order valence-corrected chi connectivity index (χ3v) is 6.12. The van der Waals surface area contributed by atoms with Crippen LogP contribution in [0.15, 0.2) is 30.5 Å². The molecular weight excluding hydrogens is 473 g/mol. The summed E-state index contributed by atoms with van der Waals surface area (Å²) in [7, 11) is 0. The Labute approximate surface area is 204 Å². The number of rotatable bonds is 3. The highest BCUT2D eigenvalue weighted by Gasteiger charge is 2.36. The fourth-order valence-corrected chi connectivity index (χ4v) is 4.60. The van der Waals surface area contributed by atoms with E-state index in [-0.39, 0.29) is 18.4 Å². The van der Waals surface area contributed by atoms with Gasteiger partial charge in [-0.05, 0) is 51.5 Å². The van der Waals surface area contributed by atoms with Crippen LogP contribution in [-0.2, 0) is 17.6 Å². The van der Waals surface area contributed by atoms with Crippen LogP contribution in [0.2, 0.25) is 0 Å². The van der Waals surface area contributed by atoms with Gasteiger partial charge in [-0.1, -0.05) is 0 Å². The van der Waals surface area contributed by atoms with Gasteiger partial charge in [0.25, 0.3) is 0 Å². The van der Waals surface area contributed by atoms with E-state index < -0.39 is 41.1 Å². The molecule has 0 spiro atoms. The molecule has 3 aromatic heterocycles. The average Bonchev–Trinajstić information content (AvgIpc) is 3.37. The molecule has 0 radical (unpaired) electrons. The number of alkyl carbamates (subject to hydrolysis) is 1. The smallest absolute Gasteiger partial charge is 0.407 e. The van der Waals surface area contributed by atoms with Crippen LogP contribution in [0.5, 0.6) is 0 Å². The lowest BCUT2D eigenvalue weighted by Crippen LogP contribution is -2.46. The lowest BCUT2D eigenvalue weighted by atomic mass is 9.80. The molecule has 4 aromatic rings. The summed E-state index contributed by atoms with van der Waals surface area (Å²) in [6.07, 6.45) is 1.64. The third-order valence-electron chi connectivity index (χ3n) is 6.12. The van der Waals surface area contributed by atoms with Gasteiger partial charge in [0.1, 0.15) is 22.9 Å². The van der Waals surface area contributed by atoms with Crippen molar-refractivity contribution < 1.29 is 22.7 Å². The van der Waals surface area contributed by atoms with Gasteiger partial charge in [0.05, 0.1) is 5.69 Å². The molecule has 2 N–H and O–H groups in total. The largest absolute Gasteiger partial charge is 0.444 e. The molecule has 0 aliphatic heterocycles. The number of halogens is 3. The van der Waals surface area contributed by atoms with Gasteiger partial charge in [-0.3, -0.25) is 5.10 Å². The molecule has 11 heteroatoms. The van der Waals surface area contributed by atoms with Gasteiger partial charge >= 0.3 is 6.09 Å². The molecular formula is C25H25F3N6O2. The second-order valence-electron chi connectivity index (χ2n) is 9.95. The summed E-state index contributed by atoms with van der Waals surface area (Å²) in [5, 5.41) is 9.80. The number of imidazole rings is 1. The number of carbonyl (C=O) groups is 1. The first-order valence-corrected chi connectivity index (χ1v) is 11.5. The first-order valence-electron chi connectivity index (χ1n) is 11.5. The second-order valence-corrected chi connectivity index (χ2v) is 9.95. The van der Waals surface area contributed by atoms with Crippen molar-refractivity contribution >= 4 is 11.7 Å². The minimum Gasteiger partial charge on any atom is -0.444 e. The van der Waals surface area contributed by atoms with Crippen molar-refractivity contribution in [1.82, 2.24) is 29.9 Å². The number of carbonyl (C=O) groups excluding carboxylic acids is 1. The lowest BCUT2D eigenvalue weighted by molar-refractivity contribution is 0.0493. The Morgan fingerprint density at radius 1 is 1.11 bits per heavy atom. The van der Waals surface area contributed by atoms with E-state index in [1.54, 1.807) is 27.7 Å². The van der Waals surface area contributed by atoms with Gasteiger partial charge in [0.2, 0.25) is 0 Å². The summed E-state index contributed by atoms with van der Waals surface area (Å²) in [5.41, 5.74) is 2.11. The van der Waals surface area contributed by atoms with E-state index in [1.807, 2.05) is 22.7 Å². The number of H-pyrrole nitrogens is 1. The van der Waals surface area contributed by atoms with E-state index >= 15 is 0 Å². The maximum atomic E-state index is 14.8. The van der Waals surface area contributed by atoms with E-state index in [1.165, 1.54) is 0 Å². The molecule has 0 saturated heterocycles. The highest BCUT2D eigenvalue weighted by atomic mass is 19.2. The first-order chi connectivity index (χ1) is 17.0. The highest BCUT2D eigenvalue weighted by Crippen LogP contribution is 2.36. The Bertz CT molecular complexity index is 1470. The average molecular weight is 499 g/mol. The Morgan fingerprint density at radius 2 is 1.86 bits per heavy atom. The van der Waals surface area contributed by atoms with Gasteiger partial charge in [0.15, 0.2) is 17.5 Å². The maximum absolute atomic E-state index is 14.8. The lowest BCUT2D eigenvalue weighted by Gasteiger charge is -2.33. The molecule has 3 heterocycles. The molecule has 5 rings (SSSR count). The van der Waals surface area contributed by atoms with E-state index in [0.717, 1.165) is 17.3 Å². The van der Waals surface area contributed by atoms with Crippen LogP contribution >= 0.6 is 0 Å². The van der Waals surface area contributed by atoms with Crippen LogP contribution in [0.3, 0.4) is 0 Å². The van der Waals surface area contributed by atoms with Gasteiger partial charge < -0.3 is 14.5 Å². The summed E-state index contributed by atoms with van der Waals surface area (Å²) in [6, 6.07) is 4.42. The monoisotopic (exact) mass is 498 g/mol. The van der Waals surface area contributed by atoms with E-state index in [4.69, 9.17) is 9.72 Å². The number of hydrogen-bond acceptors (Lipinski definition) is 5. The molecule has 8 nitrogen and oxygen atoms in total. The van der Waals surface area contributed by atoms with E-state index in [2.05, 4.69) is 20.5 Å². The fraction of sp³-hybridized carbons (Fsp3) is 0.360. The fourth-order valence-electron chi connectivity index (χ4n) is 4.60. The summed E-state index contributed by atoms with van der Waals surface area (Å²) in [6.45, 7) is 7.00. The molecule has 0 saturated carbocycles. The van der Waals surface area contributed by atoms with E-state index in [9.17, 15) is 18.0 Å². The minimum atomic E-state index is -1.27. The number of fused-ring (bicyclic) bond motifs is 3. The van der Waals surface area contributed by atoms with Gasteiger partial charge in [0, 0.05) is 48.3 Å². The second kappa shape index (κ2) is 8.65. The SMILES string of the molecule is Cc1nc(-c2ccn3c4c(nc3c2)CC(c2cc(F)c(F)cc2F)C(NC(=O)OC(C)(C)C)C4)n[nH]1. The van der Waals surface area contributed by atoms with Crippen LogP contribution < -0.4 is 5.32 Å². The summed E-state index contributed by atoms with van der Waals surface area (Å²) >= 11 is 0. The predicted octanol–water partition coefficient (Wildman–Crippen LogP) is 4.62. The Hall–Kier alpha value is -3.89. The molecule has 2 atom stereocenters. The van der Waals surface area contributed by atoms with Crippen LogP contribution in [0, 0.1) is 24.4 Å². The molecule has 1 aromatic carbocycles. The molecule has 188 valence electrons. The Morgan fingerprint density at radius 3 is 2.56 bits per heavy atom. The minimum absolute atomic E-state index is 0.0328. The van der Waals surface area contributed by atoms with Crippen LogP contribution in [0.4, 0.5) is 18.0 Å². The zero-order valence-corrected chi connectivity index (χ0v) is 20.2. The molecule has 0 fully saturated rings. The molecule has 1 amide bonds. The number of benzene rings is 1. The summed E-state index contributed by atoms with van der Waals surface area (Å²) < 4.78 is 49.9. The highest BCUT2D eigenvalue weighted by molar-refractivity contribution is 5.68.